The first-order chi connectivity index (χ1) is 6.33. The molecule has 0 unspecified atom stereocenters. The standard InChI is InChI=1S/C9H19N3O/c1-11-5-7-12(8-6-11)4-2-3-10-9-13/h9H,2-8H2,1H3,(H,10,13). The van der Waals surface area contributed by atoms with Crippen molar-refractivity contribution in [1.82, 2.24) is 15.1 Å². The Labute approximate surface area is 79.9 Å². The molecule has 1 aliphatic heterocycles. The SMILES string of the molecule is CN1CCN(CCCNC=O)CC1. The molecule has 1 fully saturated rings. The van der Waals surface area contributed by atoms with Gasteiger partial charge in [0.05, 0.1) is 0 Å². The molecule has 4 nitrogen and oxygen atoms in total. The highest BCUT2D eigenvalue weighted by molar-refractivity contribution is 5.45. The highest BCUT2D eigenvalue weighted by atomic mass is 16.1. The van der Waals surface area contributed by atoms with Gasteiger partial charge in [-0.05, 0) is 20.0 Å². The molecule has 0 spiro atoms. The molecule has 76 valence electrons. The minimum absolute atomic E-state index is 0.768. The Morgan fingerprint density at radius 2 is 2.00 bits per heavy atom. The molecule has 0 aromatic carbocycles. The molecule has 1 aliphatic rings. The van der Waals surface area contributed by atoms with E-state index >= 15 is 0 Å². The van der Waals surface area contributed by atoms with Gasteiger partial charge in [-0.2, -0.15) is 0 Å². The molecule has 1 heterocycles. The van der Waals surface area contributed by atoms with Crippen LogP contribution in [-0.2, 0) is 4.79 Å². The zero-order chi connectivity index (χ0) is 9.52. The smallest absolute Gasteiger partial charge is 0.207 e. The van der Waals surface area contributed by atoms with Crippen molar-refractivity contribution in [3.05, 3.63) is 0 Å². The van der Waals surface area contributed by atoms with Gasteiger partial charge in [-0.15, -0.1) is 0 Å². The van der Waals surface area contributed by atoms with Gasteiger partial charge in [-0.1, -0.05) is 0 Å². The zero-order valence-corrected chi connectivity index (χ0v) is 8.33. The third-order valence-electron chi connectivity index (χ3n) is 2.47. The van der Waals surface area contributed by atoms with Crippen LogP contribution in [0.1, 0.15) is 6.42 Å². The number of carbonyl (C=O) groups excluding carboxylic acids is 1. The topological polar surface area (TPSA) is 35.6 Å². The number of amides is 1. The number of nitrogens with one attached hydrogen (secondary N) is 1. The van der Waals surface area contributed by atoms with Gasteiger partial charge in [0.1, 0.15) is 0 Å². The van der Waals surface area contributed by atoms with E-state index in [-0.39, 0.29) is 0 Å². The van der Waals surface area contributed by atoms with Crippen LogP contribution in [0.15, 0.2) is 0 Å². The molecule has 1 saturated heterocycles. The Bertz CT molecular complexity index is 144. The minimum atomic E-state index is 0.768. The van der Waals surface area contributed by atoms with Crippen LogP contribution >= 0.6 is 0 Å². The van der Waals surface area contributed by atoms with Crippen LogP contribution in [0, 0.1) is 0 Å². The normalized spacial score (nSPS) is 20.1. The van der Waals surface area contributed by atoms with Crippen molar-refractivity contribution in [1.29, 1.82) is 0 Å². The molecule has 0 saturated carbocycles. The number of likely N-dealkylation sites (N-methyl/N-ethyl adjacent to an activating group) is 1. The van der Waals surface area contributed by atoms with Crippen molar-refractivity contribution in [2.24, 2.45) is 0 Å². The Morgan fingerprint density at radius 3 is 2.62 bits per heavy atom. The van der Waals surface area contributed by atoms with Gasteiger partial charge in [0, 0.05) is 32.7 Å². The highest BCUT2D eigenvalue weighted by Crippen LogP contribution is 1.99. The van der Waals surface area contributed by atoms with E-state index in [0.29, 0.717) is 0 Å². The third kappa shape index (κ3) is 4.24. The predicted molar refractivity (Wildman–Crippen MR) is 52.6 cm³/mol. The van der Waals surface area contributed by atoms with Gasteiger partial charge in [0.25, 0.3) is 0 Å². The maximum absolute atomic E-state index is 9.97. The molecule has 1 N–H and O–H groups in total. The van der Waals surface area contributed by atoms with E-state index in [2.05, 4.69) is 22.2 Å². The Hall–Kier alpha value is -0.610. The number of nitrogens with zero attached hydrogens (tertiary/aromatic N) is 2. The van der Waals surface area contributed by atoms with Crippen molar-refractivity contribution in [3.8, 4) is 0 Å². The molecule has 0 aromatic rings. The summed E-state index contributed by atoms with van der Waals surface area (Å²) >= 11 is 0. The molecule has 1 amide bonds. The maximum Gasteiger partial charge on any atom is 0.207 e. The van der Waals surface area contributed by atoms with E-state index in [4.69, 9.17) is 0 Å². The number of piperazine rings is 1. The van der Waals surface area contributed by atoms with Crippen molar-refractivity contribution in [2.45, 2.75) is 6.42 Å². The first-order valence-corrected chi connectivity index (χ1v) is 4.91. The predicted octanol–water partition coefficient (Wildman–Crippen LogP) is -0.630. The first kappa shape index (κ1) is 10.5. The summed E-state index contributed by atoms with van der Waals surface area (Å²) in [6.07, 6.45) is 1.83. The number of rotatable bonds is 5. The molecule has 0 aromatic heterocycles. The Balaban J connectivity index is 1.99. The van der Waals surface area contributed by atoms with E-state index in [9.17, 15) is 4.79 Å². The van der Waals surface area contributed by atoms with Gasteiger partial charge in [0.15, 0.2) is 0 Å². The molecular formula is C9H19N3O. The lowest BCUT2D eigenvalue weighted by Gasteiger charge is -2.32. The average molecular weight is 185 g/mol. The lowest BCUT2D eigenvalue weighted by molar-refractivity contribution is -0.109. The van der Waals surface area contributed by atoms with Crippen LogP contribution in [-0.4, -0.2) is 62.5 Å². The van der Waals surface area contributed by atoms with E-state index in [1.807, 2.05) is 0 Å². The van der Waals surface area contributed by atoms with E-state index < -0.39 is 0 Å². The summed E-state index contributed by atoms with van der Waals surface area (Å²) in [4.78, 5) is 14.8. The highest BCUT2D eigenvalue weighted by Gasteiger charge is 2.12. The van der Waals surface area contributed by atoms with Crippen molar-refractivity contribution in [2.75, 3.05) is 46.3 Å². The molecule has 13 heavy (non-hydrogen) atoms. The van der Waals surface area contributed by atoms with Crippen LogP contribution in [0.4, 0.5) is 0 Å². The molecular weight excluding hydrogens is 166 g/mol. The van der Waals surface area contributed by atoms with Gasteiger partial charge >= 0.3 is 0 Å². The van der Waals surface area contributed by atoms with Crippen molar-refractivity contribution < 1.29 is 4.79 Å². The fraction of sp³-hybridized carbons (Fsp3) is 0.889. The molecule has 1 rings (SSSR count). The summed E-state index contributed by atoms with van der Waals surface area (Å²) in [6, 6.07) is 0. The van der Waals surface area contributed by atoms with Crippen molar-refractivity contribution in [3.63, 3.8) is 0 Å². The van der Waals surface area contributed by atoms with Crippen LogP contribution in [0.3, 0.4) is 0 Å². The van der Waals surface area contributed by atoms with Gasteiger partial charge in [-0.25, -0.2) is 0 Å². The second kappa shape index (κ2) is 5.94. The summed E-state index contributed by atoms with van der Waals surface area (Å²) < 4.78 is 0. The Morgan fingerprint density at radius 1 is 1.31 bits per heavy atom. The van der Waals surface area contributed by atoms with E-state index in [1.165, 1.54) is 13.1 Å². The van der Waals surface area contributed by atoms with Gasteiger partial charge in [0.2, 0.25) is 6.41 Å². The number of hydrogen-bond acceptors (Lipinski definition) is 3. The van der Waals surface area contributed by atoms with Crippen LogP contribution in [0.5, 0.6) is 0 Å². The molecule has 0 radical (unpaired) electrons. The van der Waals surface area contributed by atoms with Crippen LogP contribution < -0.4 is 5.32 Å². The largest absolute Gasteiger partial charge is 0.359 e. The quantitative estimate of drug-likeness (QED) is 0.457. The summed E-state index contributed by atoms with van der Waals surface area (Å²) in [5.74, 6) is 0. The average Bonchev–Trinajstić information content (AvgIpc) is 2.15. The molecule has 0 aliphatic carbocycles. The minimum Gasteiger partial charge on any atom is -0.359 e. The van der Waals surface area contributed by atoms with Gasteiger partial charge < -0.3 is 15.1 Å². The first-order valence-electron chi connectivity index (χ1n) is 4.91. The van der Waals surface area contributed by atoms with Gasteiger partial charge in [-0.3, -0.25) is 4.79 Å². The van der Waals surface area contributed by atoms with Crippen molar-refractivity contribution >= 4 is 6.41 Å². The fourth-order valence-corrected chi connectivity index (χ4v) is 1.54. The summed E-state index contributed by atoms with van der Waals surface area (Å²) in [7, 11) is 2.16. The second-order valence-corrected chi connectivity index (χ2v) is 3.57. The number of hydrogen-bond donors (Lipinski definition) is 1. The van der Waals surface area contributed by atoms with Crippen LogP contribution in [0.25, 0.3) is 0 Å². The van der Waals surface area contributed by atoms with Crippen LogP contribution in [0.2, 0.25) is 0 Å². The fourth-order valence-electron chi connectivity index (χ4n) is 1.54. The molecule has 0 atom stereocenters. The Kier molecular flexibility index (Phi) is 4.78. The number of carbonyl (C=O) groups is 1. The summed E-state index contributed by atoms with van der Waals surface area (Å²) in [6.45, 7) is 6.57. The van der Waals surface area contributed by atoms with E-state index in [1.54, 1.807) is 0 Å². The summed E-state index contributed by atoms with van der Waals surface area (Å²) in [5.41, 5.74) is 0. The monoisotopic (exact) mass is 185 g/mol. The summed E-state index contributed by atoms with van der Waals surface area (Å²) in [5, 5.41) is 2.68. The zero-order valence-electron chi connectivity index (χ0n) is 8.33. The third-order valence-corrected chi connectivity index (χ3v) is 2.47. The molecule has 0 bridgehead atoms. The lowest BCUT2D eigenvalue weighted by Crippen LogP contribution is -2.45. The maximum atomic E-state index is 9.97. The molecule has 4 heteroatoms. The second-order valence-electron chi connectivity index (χ2n) is 3.57. The van der Waals surface area contributed by atoms with E-state index in [0.717, 1.165) is 39.0 Å². The lowest BCUT2D eigenvalue weighted by atomic mass is 10.3.